The third kappa shape index (κ3) is 1.96. The van der Waals surface area contributed by atoms with Crippen molar-refractivity contribution in [1.29, 1.82) is 0 Å². The molecule has 1 aliphatic heterocycles. The molecule has 0 aliphatic carbocycles. The maximum absolute atomic E-state index is 3.98. The molecule has 0 bridgehead atoms. The smallest absolute Gasteiger partial charge is 0.0725 e. The molecule has 4 nitrogen and oxygen atoms in total. The zero-order valence-electron chi connectivity index (χ0n) is 9.93. The largest absolute Gasteiger partial charge is 0.312 e. The zero-order valence-corrected chi connectivity index (χ0v) is 9.93. The van der Waals surface area contributed by atoms with Gasteiger partial charge >= 0.3 is 0 Å². The highest BCUT2D eigenvalue weighted by molar-refractivity contribution is 5.33. The molecule has 1 N–H and O–H groups in total. The highest BCUT2D eigenvalue weighted by atomic mass is 15.4. The normalized spacial score (nSPS) is 19.0. The molecule has 0 amide bonds. The maximum atomic E-state index is 3.98. The Balaban J connectivity index is 1.88. The molecule has 1 unspecified atom stereocenters. The molecule has 3 rings (SSSR count). The number of fused-ring (bicyclic) bond motifs is 1. The summed E-state index contributed by atoms with van der Waals surface area (Å²) in [5.74, 6) is 0.525. The SMILES string of the molecule is Cn1nncc1CC1CNCc2ccccc21. The van der Waals surface area contributed by atoms with E-state index in [0.717, 1.165) is 19.5 Å². The molecule has 4 heteroatoms. The van der Waals surface area contributed by atoms with E-state index in [1.165, 1.54) is 16.8 Å². The highest BCUT2D eigenvalue weighted by Crippen LogP contribution is 2.26. The van der Waals surface area contributed by atoms with Gasteiger partial charge in [0, 0.05) is 26.1 Å². The third-order valence-corrected chi connectivity index (χ3v) is 3.46. The number of aromatic nitrogens is 3. The van der Waals surface area contributed by atoms with Crippen LogP contribution in [0.4, 0.5) is 0 Å². The third-order valence-electron chi connectivity index (χ3n) is 3.46. The van der Waals surface area contributed by atoms with Crippen LogP contribution in [0, 0.1) is 0 Å². The Morgan fingerprint density at radius 1 is 1.41 bits per heavy atom. The number of rotatable bonds is 2. The summed E-state index contributed by atoms with van der Waals surface area (Å²) in [7, 11) is 1.95. The first-order valence-corrected chi connectivity index (χ1v) is 5.96. The summed E-state index contributed by atoms with van der Waals surface area (Å²) in [5, 5.41) is 11.4. The average Bonchev–Trinajstić information content (AvgIpc) is 2.76. The van der Waals surface area contributed by atoms with Crippen LogP contribution < -0.4 is 5.32 Å². The van der Waals surface area contributed by atoms with Crippen molar-refractivity contribution in [2.45, 2.75) is 18.9 Å². The lowest BCUT2D eigenvalue weighted by molar-refractivity contribution is 0.523. The topological polar surface area (TPSA) is 42.7 Å². The predicted molar refractivity (Wildman–Crippen MR) is 65.6 cm³/mol. The molecule has 1 aliphatic rings. The zero-order chi connectivity index (χ0) is 11.7. The van der Waals surface area contributed by atoms with E-state index < -0.39 is 0 Å². The van der Waals surface area contributed by atoms with Crippen LogP contribution in [-0.2, 0) is 20.0 Å². The standard InChI is InChI=1S/C13H16N4/c1-17-12(9-15-16-17)6-11-8-14-7-10-4-2-3-5-13(10)11/h2-5,9,11,14H,6-8H2,1H3. The molecule has 2 aromatic rings. The Labute approximate surface area is 101 Å². The van der Waals surface area contributed by atoms with Gasteiger partial charge in [-0.3, -0.25) is 4.68 Å². The second-order valence-electron chi connectivity index (χ2n) is 4.58. The van der Waals surface area contributed by atoms with Crippen LogP contribution in [-0.4, -0.2) is 21.5 Å². The Bertz CT molecular complexity index is 518. The number of benzene rings is 1. The molecular weight excluding hydrogens is 212 g/mol. The molecule has 0 radical (unpaired) electrons. The predicted octanol–water partition coefficient (Wildman–Crippen LogP) is 1.24. The van der Waals surface area contributed by atoms with Gasteiger partial charge in [0.15, 0.2) is 0 Å². The van der Waals surface area contributed by atoms with Crippen molar-refractivity contribution in [3.05, 3.63) is 47.3 Å². The second-order valence-corrected chi connectivity index (χ2v) is 4.58. The van der Waals surface area contributed by atoms with Gasteiger partial charge in [-0.15, -0.1) is 5.10 Å². The van der Waals surface area contributed by atoms with Gasteiger partial charge in [0.2, 0.25) is 0 Å². The summed E-state index contributed by atoms with van der Waals surface area (Å²) in [5.41, 5.74) is 4.07. The molecule has 1 atom stereocenters. The Morgan fingerprint density at radius 2 is 2.29 bits per heavy atom. The maximum Gasteiger partial charge on any atom is 0.0725 e. The first-order chi connectivity index (χ1) is 8.34. The summed E-state index contributed by atoms with van der Waals surface area (Å²) in [6.45, 7) is 2.01. The van der Waals surface area contributed by atoms with Gasteiger partial charge in [-0.25, -0.2) is 0 Å². The number of nitrogens with one attached hydrogen (secondary N) is 1. The van der Waals surface area contributed by atoms with Crippen LogP contribution in [0.25, 0.3) is 0 Å². The minimum atomic E-state index is 0.525. The van der Waals surface area contributed by atoms with Crippen molar-refractivity contribution in [2.24, 2.45) is 7.05 Å². The second kappa shape index (κ2) is 4.30. The fourth-order valence-electron chi connectivity index (χ4n) is 2.51. The monoisotopic (exact) mass is 228 g/mol. The minimum absolute atomic E-state index is 0.525. The Hall–Kier alpha value is -1.68. The molecule has 0 saturated heterocycles. The van der Waals surface area contributed by atoms with E-state index in [2.05, 4.69) is 39.9 Å². The number of nitrogens with zero attached hydrogens (tertiary/aromatic N) is 3. The van der Waals surface area contributed by atoms with E-state index in [-0.39, 0.29) is 0 Å². The first-order valence-electron chi connectivity index (χ1n) is 5.96. The van der Waals surface area contributed by atoms with Crippen LogP contribution >= 0.6 is 0 Å². The van der Waals surface area contributed by atoms with Crippen molar-refractivity contribution in [3.8, 4) is 0 Å². The molecule has 0 saturated carbocycles. The fourth-order valence-corrected chi connectivity index (χ4v) is 2.51. The minimum Gasteiger partial charge on any atom is -0.312 e. The van der Waals surface area contributed by atoms with Gasteiger partial charge in [-0.1, -0.05) is 29.5 Å². The van der Waals surface area contributed by atoms with E-state index in [9.17, 15) is 0 Å². The van der Waals surface area contributed by atoms with Gasteiger partial charge in [0.1, 0.15) is 0 Å². The van der Waals surface area contributed by atoms with Crippen LogP contribution in [0.5, 0.6) is 0 Å². The van der Waals surface area contributed by atoms with Gasteiger partial charge in [0.25, 0.3) is 0 Å². The molecule has 1 aromatic carbocycles. The van der Waals surface area contributed by atoms with Gasteiger partial charge in [-0.05, 0) is 17.5 Å². The van der Waals surface area contributed by atoms with E-state index in [1.54, 1.807) is 0 Å². The van der Waals surface area contributed by atoms with E-state index in [4.69, 9.17) is 0 Å². The van der Waals surface area contributed by atoms with Crippen LogP contribution in [0.15, 0.2) is 30.5 Å². The Morgan fingerprint density at radius 3 is 3.12 bits per heavy atom. The van der Waals surface area contributed by atoms with Crippen LogP contribution in [0.2, 0.25) is 0 Å². The number of hydrogen-bond acceptors (Lipinski definition) is 3. The Kier molecular flexibility index (Phi) is 2.65. The van der Waals surface area contributed by atoms with Crippen molar-refractivity contribution in [1.82, 2.24) is 20.3 Å². The molecule has 17 heavy (non-hydrogen) atoms. The highest BCUT2D eigenvalue weighted by Gasteiger charge is 2.20. The number of aryl methyl sites for hydroxylation is 1. The summed E-state index contributed by atoms with van der Waals surface area (Å²) >= 11 is 0. The lowest BCUT2D eigenvalue weighted by Crippen LogP contribution is -2.29. The molecule has 0 fully saturated rings. The molecule has 2 heterocycles. The van der Waals surface area contributed by atoms with E-state index >= 15 is 0 Å². The van der Waals surface area contributed by atoms with Crippen molar-refractivity contribution >= 4 is 0 Å². The first kappa shape index (κ1) is 10.5. The lowest BCUT2D eigenvalue weighted by atomic mass is 9.88. The summed E-state index contributed by atoms with van der Waals surface area (Å²) in [6.07, 6.45) is 2.85. The van der Waals surface area contributed by atoms with E-state index in [1.807, 2.05) is 17.9 Å². The quantitative estimate of drug-likeness (QED) is 0.841. The van der Waals surface area contributed by atoms with Gasteiger partial charge < -0.3 is 5.32 Å². The van der Waals surface area contributed by atoms with Crippen LogP contribution in [0.3, 0.4) is 0 Å². The summed E-state index contributed by atoms with van der Waals surface area (Å²) < 4.78 is 1.86. The molecule has 88 valence electrons. The molecule has 1 aromatic heterocycles. The summed E-state index contributed by atoms with van der Waals surface area (Å²) in [4.78, 5) is 0. The number of hydrogen-bond donors (Lipinski definition) is 1. The van der Waals surface area contributed by atoms with Gasteiger partial charge in [0.05, 0.1) is 11.9 Å². The van der Waals surface area contributed by atoms with Crippen molar-refractivity contribution in [3.63, 3.8) is 0 Å². The van der Waals surface area contributed by atoms with E-state index in [0.29, 0.717) is 5.92 Å². The van der Waals surface area contributed by atoms with Gasteiger partial charge in [-0.2, -0.15) is 0 Å². The van der Waals surface area contributed by atoms with Crippen molar-refractivity contribution in [2.75, 3.05) is 6.54 Å². The average molecular weight is 228 g/mol. The molecule has 0 spiro atoms. The summed E-state index contributed by atoms with van der Waals surface area (Å²) in [6, 6.07) is 8.67. The fraction of sp³-hybridized carbons (Fsp3) is 0.385. The van der Waals surface area contributed by atoms with Crippen LogP contribution in [0.1, 0.15) is 22.7 Å². The van der Waals surface area contributed by atoms with Crippen molar-refractivity contribution < 1.29 is 0 Å². The molecular formula is C13H16N4. The lowest BCUT2D eigenvalue weighted by Gasteiger charge is -2.26.